The minimum Gasteiger partial charge on any atom is -0.464 e. The molecule has 2 amide bonds. The van der Waals surface area contributed by atoms with Crippen LogP contribution in [0.3, 0.4) is 0 Å². The molecule has 1 aliphatic carbocycles. The number of carbonyl (C=O) groups excluding carboxylic acids is 1. The maximum atomic E-state index is 12.1. The van der Waals surface area contributed by atoms with Crippen molar-refractivity contribution in [1.29, 1.82) is 0 Å². The average molecular weight is 285 g/mol. The van der Waals surface area contributed by atoms with Gasteiger partial charge in [-0.25, -0.2) is 4.79 Å². The summed E-state index contributed by atoms with van der Waals surface area (Å²) in [4.78, 5) is 17.6. The van der Waals surface area contributed by atoms with Crippen molar-refractivity contribution in [3.05, 3.63) is 48.2 Å². The summed E-state index contributed by atoms with van der Waals surface area (Å²) in [5.41, 5.74) is 0.682. The molecule has 0 bridgehead atoms. The first-order valence-electron chi connectivity index (χ1n) is 7.14. The van der Waals surface area contributed by atoms with Crippen LogP contribution in [0.2, 0.25) is 0 Å². The zero-order chi connectivity index (χ0) is 14.8. The second-order valence-electron chi connectivity index (χ2n) is 5.65. The molecule has 0 unspecified atom stereocenters. The number of anilines is 1. The normalized spacial score (nSPS) is 20.1. The highest BCUT2D eigenvalue weighted by Gasteiger charge is 2.36. The van der Waals surface area contributed by atoms with Gasteiger partial charge >= 0.3 is 6.03 Å². The van der Waals surface area contributed by atoms with Crippen molar-refractivity contribution in [3.8, 4) is 0 Å². The van der Waals surface area contributed by atoms with Crippen LogP contribution >= 0.6 is 0 Å². The Labute approximate surface area is 124 Å². The number of hydrogen-bond acceptors (Lipinski definition) is 3. The van der Waals surface area contributed by atoms with Gasteiger partial charge in [0.25, 0.3) is 0 Å². The van der Waals surface area contributed by atoms with Gasteiger partial charge in [-0.05, 0) is 36.6 Å². The largest absolute Gasteiger partial charge is 0.464 e. The number of amides is 2. The quantitative estimate of drug-likeness (QED) is 0.935. The van der Waals surface area contributed by atoms with Crippen molar-refractivity contribution < 1.29 is 9.21 Å². The van der Waals surface area contributed by atoms with Crippen molar-refractivity contribution in [2.24, 2.45) is 5.92 Å². The van der Waals surface area contributed by atoms with E-state index >= 15 is 0 Å². The molecule has 3 rings (SSSR count). The molecule has 0 saturated heterocycles. The highest BCUT2D eigenvalue weighted by molar-refractivity contribution is 5.88. The smallest absolute Gasteiger partial charge is 0.322 e. The van der Waals surface area contributed by atoms with Gasteiger partial charge in [0.05, 0.1) is 18.4 Å². The Morgan fingerprint density at radius 3 is 2.95 bits per heavy atom. The molecule has 110 valence electrons. The summed E-state index contributed by atoms with van der Waals surface area (Å²) in [6.45, 7) is 2.67. The molecule has 1 saturated carbocycles. The lowest BCUT2D eigenvalue weighted by Crippen LogP contribution is -2.30. The molecule has 0 spiro atoms. The van der Waals surface area contributed by atoms with Crippen LogP contribution in [-0.4, -0.2) is 23.0 Å². The molecular formula is C16H19N3O2. The summed E-state index contributed by atoms with van der Waals surface area (Å²) in [5.74, 6) is 3.13. The van der Waals surface area contributed by atoms with E-state index < -0.39 is 0 Å². The van der Waals surface area contributed by atoms with Crippen molar-refractivity contribution >= 4 is 11.7 Å². The van der Waals surface area contributed by atoms with E-state index in [0.29, 0.717) is 18.2 Å². The Morgan fingerprint density at radius 1 is 1.48 bits per heavy atom. The lowest BCUT2D eigenvalue weighted by molar-refractivity contribution is 0.216. The van der Waals surface area contributed by atoms with E-state index in [1.54, 1.807) is 36.5 Å². The Morgan fingerprint density at radius 2 is 2.29 bits per heavy atom. The van der Waals surface area contributed by atoms with E-state index in [-0.39, 0.29) is 6.03 Å². The minimum absolute atomic E-state index is 0.180. The topological polar surface area (TPSA) is 58.4 Å². The monoisotopic (exact) mass is 285 g/mol. The van der Waals surface area contributed by atoms with E-state index in [2.05, 4.69) is 17.2 Å². The highest BCUT2D eigenvalue weighted by Crippen LogP contribution is 2.47. The van der Waals surface area contributed by atoms with Crippen molar-refractivity contribution in [2.75, 3.05) is 12.4 Å². The third kappa shape index (κ3) is 3.24. The number of furan rings is 1. The molecule has 1 fully saturated rings. The van der Waals surface area contributed by atoms with Gasteiger partial charge in [0.1, 0.15) is 11.5 Å². The summed E-state index contributed by atoms with van der Waals surface area (Å²) in [6, 6.07) is 7.38. The first-order valence-corrected chi connectivity index (χ1v) is 7.14. The zero-order valence-corrected chi connectivity index (χ0v) is 12.2. The molecule has 0 aliphatic heterocycles. The first kappa shape index (κ1) is 13.7. The summed E-state index contributed by atoms with van der Waals surface area (Å²) in [6.07, 6.45) is 4.48. The number of carbonyl (C=O) groups is 1. The van der Waals surface area contributed by atoms with Gasteiger partial charge < -0.3 is 14.6 Å². The molecule has 2 aromatic heterocycles. The molecule has 5 nitrogen and oxygen atoms in total. The summed E-state index contributed by atoms with van der Waals surface area (Å²) in [5, 5.41) is 2.79. The summed E-state index contributed by atoms with van der Waals surface area (Å²) >= 11 is 0. The van der Waals surface area contributed by atoms with Crippen LogP contribution in [-0.2, 0) is 6.54 Å². The van der Waals surface area contributed by atoms with E-state index in [9.17, 15) is 4.79 Å². The molecule has 0 aromatic carbocycles. The van der Waals surface area contributed by atoms with Gasteiger partial charge in [-0.2, -0.15) is 0 Å². The number of nitrogens with zero attached hydrogens (tertiary/aromatic N) is 2. The first-order chi connectivity index (χ1) is 10.1. The number of pyridine rings is 1. The van der Waals surface area contributed by atoms with Crippen LogP contribution in [0.4, 0.5) is 10.5 Å². The van der Waals surface area contributed by atoms with Crippen LogP contribution in [0.25, 0.3) is 0 Å². The average Bonchev–Trinajstić information content (AvgIpc) is 3.03. The number of urea groups is 1. The van der Waals surface area contributed by atoms with Gasteiger partial charge in [-0.1, -0.05) is 6.92 Å². The van der Waals surface area contributed by atoms with Crippen LogP contribution in [0.1, 0.15) is 30.8 Å². The molecule has 21 heavy (non-hydrogen) atoms. The molecule has 1 N–H and O–H groups in total. The minimum atomic E-state index is -0.180. The Bertz CT molecular complexity index is 623. The zero-order valence-electron chi connectivity index (χ0n) is 12.2. The molecular weight excluding hydrogens is 266 g/mol. The number of rotatable bonds is 4. The lowest BCUT2D eigenvalue weighted by atomic mass is 10.3. The number of hydrogen-bond donors (Lipinski definition) is 1. The lowest BCUT2D eigenvalue weighted by Gasteiger charge is -2.16. The van der Waals surface area contributed by atoms with Crippen LogP contribution < -0.4 is 5.32 Å². The predicted octanol–water partition coefficient (Wildman–Crippen LogP) is 3.46. The van der Waals surface area contributed by atoms with E-state index in [1.807, 2.05) is 12.1 Å². The Kier molecular flexibility index (Phi) is 3.64. The Balaban J connectivity index is 1.56. The SMILES string of the molecule is C[C@H]1C[C@H]1c1ccc(CN(C)C(=O)Nc2cccnc2)o1. The fourth-order valence-electron chi connectivity index (χ4n) is 2.36. The second kappa shape index (κ2) is 5.60. The van der Waals surface area contributed by atoms with Crippen molar-refractivity contribution in [2.45, 2.75) is 25.8 Å². The maximum absolute atomic E-state index is 12.1. The van der Waals surface area contributed by atoms with Gasteiger partial charge in [-0.15, -0.1) is 0 Å². The third-order valence-corrected chi connectivity index (χ3v) is 3.81. The van der Waals surface area contributed by atoms with E-state index in [0.717, 1.165) is 17.4 Å². The van der Waals surface area contributed by atoms with Crippen LogP contribution in [0, 0.1) is 5.92 Å². The third-order valence-electron chi connectivity index (χ3n) is 3.81. The van der Waals surface area contributed by atoms with Gasteiger partial charge in [0.2, 0.25) is 0 Å². The fourth-order valence-corrected chi connectivity index (χ4v) is 2.36. The summed E-state index contributed by atoms with van der Waals surface area (Å²) in [7, 11) is 1.74. The molecule has 2 aromatic rings. The van der Waals surface area contributed by atoms with Crippen molar-refractivity contribution in [3.63, 3.8) is 0 Å². The number of aromatic nitrogens is 1. The Hall–Kier alpha value is -2.30. The second-order valence-corrected chi connectivity index (χ2v) is 5.65. The maximum Gasteiger partial charge on any atom is 0.322 e. The van der Waals surface area contributed by atoms with Gasteiger partial charge in [0.15, 0.2) is 0 Å². The highest BCUT2D eigenvalue weighted by atomic mass is 16.3. The standard InChI is InChI=1S/C16H19N3O2/c1-11-8-14(11)15-6-5-13(21-15)10-19(2)16(20)18-12-4-3-7-17-9-12/h3-7,9,11,14H,8,10H2,1-2H3,(H,18,20)/t11-,14+/m0/s1. The van der Waals surface area contributed by atoms with Crippen molar-refractivity contribution in [1.82, 2.24) is 9.88 Å². The molecule has 0 radical (unpaired) electrons. The number of nitrogens with one attached hydrogen (secondary N) is 1. The molecule has 2 atom stereocenters. The fraction of sp³-hybridized carbons (Fsp3) is 0.375. The van der Waals surface area contributed by atoms with E-state index in [1.165, 1.54) is 6.42 Å². The molecule has 2 heterocycles. The van der Waals surface area contributed by atoms with Gasteiger partial charge in [0, 0.05) is 19.2 Å². The molecule has 1 aliphatic rings. The molecule has 5 heteroatoms. The van der Waals surface area contributed by atoms with Gasteiger partial charge in [-0.3, -0.25) is 4.98 Å². The van der Waals surface area contributed by atoms with E-state index in [4.69, 9.17) is 4.42 Å². The van der Waals surface area contributed by atoms with Crippen LogP contribution in [0.5, 0.6) is 0 Å². The summed E-state index contributed by atoms with van der Waals surface area (Å²) < 4.78 is 5.81. The van der Waals surface area contributed by atoms with Crippen LogP contribution in [0.15, 0.2) is 41.1 Å². The predicted molar refractivity (Wildman–Crippen MR) is 80.0 cm³/mol.